The highest BCUT2D eigenvalue weighted by atomic mass is 14.8. The molecule has 1 unspecified atom stereocenters. The van der Waals surface area contributed by atoms with E-state index in [1.54, 1.807) is 0 Å². The number of hydrogen-bond donors (Lipinski definition) is 1. The summed E-state index contributed by atoms with van der Waals surface area (Å²) in [4.78, 5) is 4.34. The third-order valence-corrected chi connectivity index (χ3v) is 2.49. The minimum atomic E-state index is 0.159. The van der Waals surface area contributed by atoms with E-state index in [4.69, 9.17) is 5.73 Å². The molecule has 1 rings (SSSR count). The lowest BCUT2D eigenvalue weighted by molar-refractivity contribution is 0.502. The van der Waals surface area contributed by atoms with E-state index in [1.165, 1.54) is 5.56 Å². The molecule has 0 aromatic heterocycles. The first-order valence-electron chi connectivity index (χ1n) is 5.41. The zero-order valence-corrected chi connectivity index (χ0v) is 9.77. The molecule has 0 amide bonds. The second-order valence-corrected chi connectivity index (χ2v) is 4.31. The van der Waals surface area contributed by atoms with Gasteiger partial charge in [-0.1, -0.05) is 43.7 Å². The van der Waals surface area contributed by atoms with Crippen molar-refractivity contribution in [2.45, 2.75) is 26.8 Å². The summed E-state index contributed by atoms with van der Waals surface area (Å²) in [5.74, 6) is 0.486. The summed E-state index contributed by atoms with van der Waals surface area (Å²) in [7, 11) is 0. The Hall–Kier alpha value is -1.15. The lowest BCUT2D eigenvalue weighted by Gasteiger charge is -2.11. The normalized spacial score (nSPS) is 13.7. The fourth-order valence-corrected chi connectivity index (χ4v) is 1.14. The highest BCUT2D eigenvalue weighted by Crippen LogP contribution is 2.01. The largest absolute Gasteiger partial charge is 0.326 e. The van der Waals surface area contributed by atoms with Gasteiger partial charge < -0.3 is 5.73 Å². The van der Waals surface area contributed by atoms with Gasteiger partial charge in [0.2, 0.25) is 0 Å². The summed E-state index contributed by atoms with van der Waals surface area (Å²) in [6.45, 7) is 7.01. The number of nitrogens with two attached hydrogens (primary N) is 1. The Kier molecular flexibility index (Phi) is 4.50. The van der Waals surface area contributed by atoms with Gasteiger partial charge in [0.1, 0.15) is 0 Å². The Morgan fingerprint density at radius 2 is 1.87 bits per heavy atom. The summed E-state index contributed by atoms with van der Waals surface area (Å²) in [6, 6.07) is 8.47. The molecular formula is C13H20N2. The fourth-order valence-electron chi connectivity index (χ4n) is 1.14. The maximum absolute atomic E-state index is 5.89. The van der Waals surface area contributed by atoms with Gasteiger partial charge >= 0.3 is 0 Å². The van der Waals surface area contributed by atoms with Gasteiger partial charge in [-0.2, -0.15) is 0 Å². The third kappa shape index (κ3) is 4.26. The molecule has 1 aromatic rings. The molecule has 1 aromatic carbocycles. The Labute approximate surface area is 92.2 Å². The van der Waals surface area contributed by atoms with E-state index in [0.29, 0.717) is 12.5 Å². The molecule has 0 heterocycles. The molecule has 1 atom stereocenters. The van der Waals surface area contributed by atoms with E-state index in [0.717, 1.165) is 5.56 Å². The topological polar surface area (TPSA) is 38.4 Å². The SMILES string of the molecule is Cc1ccc(C=NCC(N)C(C)C)cc1. The van der Waals surface area contributed by atoms with Crippen molar-refractivity contribution < 1.29 is 0 Å². The van der Waals surface area contributed by atoms with Gasteiger partial charge in [0, 0.05) is 12.3 Å². The molecule has 0 aliphatic rings. The summed E-state index contributed by atoms with van der Waals surface area (Å²) in [5.41, 5.74) is 8.30. The Bertz CT molecular complexity index is 312. The molecule has 0 saturated carbocycles. The van der Waals surface area contributed by atoms with Crippen LogP contribution in [-0.4, -0.2) is 18.8 Å². The first-order chi connectivity index (χ1) is 7.09. The van der Waals surface area contributed by atoms with E-state index in [-0.39, 0.29) is 6.04 Å². The van der Waals surface area contributed by atoms with Gasteiger partial charge in [-0.3, -0.25) is 4.99 Å². The van der Waals surface area contributed by atoms with Crippen LogP contribution < -0.4 is 5.73 Å². The summed E-state index contributed by atoms with van der Waals surface area (Å²) in [6.07, 6.45) is 1.89. The molecule has 0 spiro atoms. The Morgan fingerprint density at radius 1 is 1.27 bits per heavy atom. The predicted molar refractivity (Wildman–Crippen MR) is 66.5 cm³/mol. The number of hydrogen-bond acceptors (Lipinski definition) is 2. The fraction of sp³-hybridized carbons (Fsp3) is 0.462. The maximum atomic E-state index is 5.89. The highest BCUT2D eigenvalue weighted by Gasteiger charge is 2.04. The quantitative estimate of drug-likeness (QED) is 0.751. The smallest absolute Gasteiger partial charge is 0.0543 e. The van der Waals surface area contributed by atoms with Crippen molar-refractivity contribution >= 4 is 6.21 Å². The molecule has 0 bridgehead atoms. The van der Waals surface area contributed by atoms with Crippen molar-refractivity contribution in [2.75, 3.05) is 6.54 Å². The third-order valence-electron chi connectivity index (χ3n) is 2.49. The predicted octanol–water partition coefficient (Wildman–Crippen LogP) is 2.40. The highest BCUT2D eigenvalue weighted by molar-refractivity contribution is 5.79. The van der Waals surface area contributed by atoms with Crippen molar-refractivity contribution in [2.24, 2.45) is 16.6 Å². The lowest BCUT2D eigenvalue weighted by atomic mass is 10.1. The molecule has 2 N–H and O–H groups in total. The Balaban J connectivity index is 2.48. The lowest BCUT2D eigenvalue weighted by Crippen LogP contribution is -2.29. The van der Waals surface area contributed by atoms with Gasteiger partial charge in [-0.15, -0.1) is 0 Å². The van der Waals surface area contributed by atoms with Gasteiger partial charge in [0.05, 0.1) is 6.54 Å². The van der Waals surface area contributed by atoms with Crippen LogP contribution in [0, 0.1) is 12.8 Å². The number of aryl methyl sites for hydroxylation is 1. The number of rotatable bonds is 4. The minimum absolute atomic E-state index is 0.159. The van der Waals surface area contributed by atoms with E-state index in [2.05, 4.69) is 50.0 Å². The van der Waals surface area contributed by atoms with Crippen molar-refractivity contribution in [3.05, 3.63) is 35.4 Å². The number of aliphatic imine (C=N–C) groups is 1. The van der Waals surface area contributed by atoms with Crippen molar-refractivity contribution in [3.63, 3.8) is 0 Å². The average Bonchev–Trinajstić information content (AvgIpc) is 2.20. The van der Waals surface area contributed by atoms with Crippen LogP contribution in [0.5, 0.6) is 0 Å². The van der Waals surface area contributed by atoms with Crippen LogP contribution in [0.25, 0.3) is 0 Å². The van der Waals surface area contributed by atoms with E-state index < -0.39 is 0 Å². The Morgan fingerprint density at radius 3 is 2.40 bits per heavy atom. The second kappa shape index (κ2) is 5.66. The second-order valence-electron chi connectivity index (χ2n) is 4.31. The van der Waals surface area contributed by atoms with Crippen LogP contribution in [0.1, 0.15) is 25.0 Å². The summed E-state index contributed by atoms with van der Waals surface area (Å²) < 4.78 is 0. The molecule has 0 radical (unpaired) electrons. The van der Waals surface area contributed by atoms with Crippen molar-refractivity contribution in [1.82, 2.24) is 0 Å². The molecule has 0 fully saturated rings. The van der Waals surface area contributed by atoms with Gasteiger partial charge in [-0.25, -0.2) is 0 Å². The maximum Gasteiger partial charge on any atom is 0.0543 e. The van der Waals surface area contributed by atoms with Gasteiger partial charge in [0.15, 0.2) is 0 Å². The first-order valence-corrected chi connectivity index (χ1v) is 5.41. The monoisotopic (exact) mass is 204 g/mol. The van der Waals surface area contributed by atoms with Crippen molar-refractivity contribution in [3.8, 4) is 0 Å². The standard InChI is InChI=1S/C13H20N2/c1-10(2)13(14)9-15-8-12-6-4-11(3)5-7-12/h4-8,10,13H,9,14H2,1-3H3. The van der Waals surface area contributed by atoms with Gasteiger partial charge in [-0.05, 0) is 18.4 Å². The number of nitrogens with zero attached hydrogens (tertiary/aromatic N) is 1. The molecule has 15 heavy (non-hydrogen) atoms. The molecule has 0 aliphatic carbocycles. The van der Waals surface area contributed by atoms with Gasteiger partial charge in [0.25, 0.3) is 0 Å². The van der Waals surface area contributed by atoms with Crippen LogP contribution in [-0.2, 0) is 0 Å². The van der Waals surface area contributed by atoms with E-state index >= 15 is 0 Å². The van der Waals surface area contributed by atoms with Crippen LogP contribution in [0.3, 0.4) is 0 Å². The van der Waals surface area contributed by atoms with Crippen LogP contribution >= 0.6 is 0 Å². The molecule has 0 saturated heterocycles. The van der Waals surface area contributed by atoms with Crippen LogP contribution in [0.4, 0.5) is 0 Å². The van der Waals surface area contributed by atoms with E-state index in [9.17, 15) is 0 Å². The molecule has 2 nitrogen and oxygen atoms in total. The van der Waals surface area contributed by atoms with Crippen LogP contribution in [0.2, 0.25) is 0 Å². The molecule has 0 aliphatic heterocycles. The summed E-state index contributed by atoms with van der Waals surface area (Å²) >= 11 is 0. The number of benzene rings is 1. The zero-order chi connectivity index (χ0) is 11.3. The van der Waals surface area contributed by atoms with Crippen LogP contribution in [0.15, 0.2) is 29.3 Å². The zero-order valence-electron chi connectivity index (χ0n) is 9.77. The minimum Gasteiger partial charge on any atom is -0.326 e. The average molecular weight is 204 g/mol. The first kappa shape index (κ1) is 11.9. The summed E-state index contributed by atoms with van der Waals surface area (Å²) in [5, 5.41) is 0. The molecule has 82 valence electrons. The molecule has 2 heteroatoms. The van der Waals surface area contributed by atoms with E-state index in [1.807, 2.05) is 6.21 Å². The molecular weight excluding hydrogens is 184 g/mol. The van der Waals surface area contributed by atoms with Crippen molar-refractivity contribution in [1.29, 1.82) is 0 Å².